The Bertz CT molecular complexity index is 7780. The van der Waals surface area contributed by atoms with Crippen molar-refractivity contribution in [3.8, 4) is 78.1 Å². The Kier molecular flexibility index (Phi) is 15.6. The van der Waals surface area contributed by atoms with E-state index in [1.54, 1.807) is 4.57 Å². The zero-order valence-electron chi connectivity index (χ0n) is 80.1. The first-order chi connectivity index (χ1) is 63.4. The van der Waals surface area contributed by atoms with E-state index in [0.29, 0.717) is 5.69 Å². The predicted octanol–water partition coefficient (Wildman–Crippen LogP) is 29.9. The Hall–Kier alpha value is -14.0. The fourth-order valence-corrected chi connectivity index (χ4v) is 20.5. The number of fused-ring (bicyclic) bond motifs is 13. The van der Waals surface area contributed by atoms with Crippen LogP contribution in [0.1, 0.15) is 139 Å². The van der Waals surface area contributed by atoms with E-state index in [1.807, 2.05) is 6.07 Å². The molecule has 0 saturated carbocycles. The average Bonchev–Trinajstić information content (AvgIpc) is 1.03. The first-order valence-electron chi connectivity index (χ1n) is 47.5. The van der Waals surface area contributed by atoms with Crippen molar-refractivity contribution in [1.29, 1.82) is 0 Å². The third-order valence-electron chi connectivity index (χ3n) is 26.6. The smallest absolute Gasteiger partial charge is 0.252 e. The normalized spacial score (nSPS) is 14.4. The van der Waals surface area contributed by atoms with Crippen LogP contribution in [0, 0.1) is 0 Å². The van der Waals surface area contributed by atoms with E-state index < -0.39 is 48.4 Å². The van der Waals surface area contributed by atoms with Crippen molar-refractivity contribution in [2.75, 3.05) is 9.80 Å². The third kappa shape index (κ3) is 12.0. The van der Waals surface area contributed by atoms with Crippen LogP contribution >= 0.6 is 0 Å². The summed E-state index contributed by atoms with van der Waals surface area (Å²) < 4.78 is 81.7. The quantitative estimate of drug-likeness (QED) is 0.120. The lowest BCUT2D eigenvalue weighted by Gasteiger charge is -2.46. The highest BCUT2D eigenvalue weighted by molar-refractivity contribution is 7.00. The molecule has 4 nitrogen and oxygen atoms in total. The zero-order valence-corrected chi connectivity index (χ0v) is 72.1. The molecule has 0 fully saturated rings. The molecular weight excluding hydrogens is 1500 g/mol. The van der Waals surface area contributed by atoms with E-state index in [-0.39, 0.29) is 55.6 Å². The van der Waals surface area contributed by atoms with E-state index in [0.717, 1.165) is 156 Å². The summed E-state index contributed by atoms with van der Waals surface area (Å²) in [5, 5.41) is 2.33. The highest BCUT2D eigenvalue weighted by Crippen LogP contribution is 2.61. The van der Waals surface area contributed by atoms with Gasteiger partial charge < -0.3 is 18.9 Å². The molecule has 17 aromatic carbocycles. The Balaban J connectivity index is 0.967. The number of benzene rings is 17. The van der Waals surface area contributed by atoms with Crippen molar-refractivity contribution in [2.24, 2.45) is 0 Å². The van der Waals surface area contributed by atoms with Crippen LogP contribution in [0.2, 0.25) is 0 Å². The Morgan fingerprint density at radius 2 is 0.653 bits per heavy atom. The monoisotopic (exact) mass is 1600 g/mol. The lowest BCUT2D eigenvalue weighted by molar-refractivity contribution is 0.590. The second-order valence-corrected chi connectivity index (χ2v) is 38.2. The van der Waals surface area contributed by atoms with Gasteiger partial charge in [-0.2, -0.15) is 0 Å². The number of rotatable bonds is 11. The topological polar surface area (TPSA) is 16.3 Å². The van der Waals surface area contributed by atoms with Gasteiger partial charge in [0.1, 0.15) is 0 Å². The average molecular weight is 1600 g/mol. The van der Waals surface area contributed by atoms with Crippen molar-refractivity contribution in [2.45, 2.75) is 110 Å². The molecule has 5 heteroatoms. The van der Waals surface area contributed by atoms with Gasteiger partial charge in [0.15, 0.2) is 0 Å². The van der Waals surface area contributed by atoms with E-state index in [1.165, 1.54) is 33.0 Å². The maximum atomic E-state index is 10.1. The molecule has 0 saturated heterocycles. The molecule has 0 radical (unpaired) electrons. The predicted molar refractivity (Wildman–Crippen MR) is 528 cm³/mol. The molecule has 19 aromatic rings. The minimum atomic E-state index is -0.788. The van der Waals surface area contributed by atoms with Gasteiger partial charge >= 0.3 is 0 Å². The SMILES string of the molecule is [2H]c1c([2H])c([2H])c2c(c1[2H])c1c([2H])c([2H])c([2H])c([2H])c1n2-c1ccc2c(c1)N(c1c(-c3ccccc3)cc(C(C)(C)C)cc1-c1ccccc1)c1cc(-c3cccc4c3-c3ccccc3C4(c3ccccc3)c3ccccc3)cc3c1B2c1ccc(-n2c4ccc(C(C)(C)C)cc4c4cc(C(C)(C)C)ccc42)cc1N3c1c(-c2ccccc2)cccc1-c1cccc(C(C)(C)C)c1. The van der Waals surface area contributed by atoms with E-state index in [4.69, 9.17) is 0 Å². The van der Waals surface area contributed by atoms with Gasteiger partial charge in [-0.15, -0.1) is 0 Å². The molecule has 0 N–H and O–H groups in total. The van der Waals surface area contributed by atoms with Gasteiger partial charge in [0, 0.05) is 77.9 Å². The molecule has 598 valence electrons. The van der Waals surface area contributed by atoms with Crippen molar-refractivity contribution >= 4 is 101 Å². The van der Waals surface area contributed by atoms with E-state index in [2.05, 4.69) is 425 Å². The summed E-state index contributed by atoms with van der Waals surface area (Å²) in [6.45, 7) is 26.9. The van der Waals surface area contributed by atoms with Crippen LogP contribution in [0.3, 0.4) is 0 Å². The van der Waals surface area contributed by atoms with Gasteiger partial charge in [0.25, 0.3) is 6.71 Å². The van der Waals surface area contributed by atoms with Crippen LogP contribution < -0.4 is 26.2 Å². The van der Waals surface area contributed by atoms with Crippen LogP contribution in [-0.2, 0) is 27.1 Å². The summed E-state index contributed by atoms with van der Waals surface area (Å²) in [5.74, 6) is 0. The lowest BCUT2D eigenvalue weighted by atomic mass is 9.33. The van der Waals surface area contributed by atoms with Crippen LogP contribution in [-0.4, -0.2) is 15.8 Å². The molecule has 22 rings (SSSR count). The Labute approximate surface area is 741 Å². The fraction of sp³-hybridized carbons (Fsp3) is 0.143. The molecule has 124 heavy (non-hydrogen) atoms. The molecule has 0 unspecified atom stereocenters. The molecule has 0 amide bonds. The summed E-state index contributed by atoms with van der Waals surface area (Å²) in [5.41, 5.74) is 31.6. The molecule has 4 heterocycles. The minimum absolute atomic E-state index is 0.00172. The summed E-state index contributed by atoms with van der Waals surface area (Å²) in [6.07, 6.45) is 0. The lowest BCUT2D eigenvalue weighted by Crippen LogP contribution is -2.61. The van der Waals surface area contributed by atoms with Gasteiger partial charge in [0.2, 0.25) is 0 Å². The van der Waals surface area contributed by atoms with Crippen molar-refractivity contribution in [3.63, 3.8) is 0 Å². The fourth-order valence-electron chi connectivity index (χ4n) is 20.5. The van der Waals surface area contributed by atoms with Crippen LogP contribution in [0.25, 0.3) is 122 Å². The summed E-state index contributed by atoms with van der Waals surface area (Å²) >= 11 is 0. The first-order valence-corrected chi connectivity index (χ1v) is 43.5. The summed E-state index contributed by atoms with van der Waals surface area (Å²) in [6, 6.07) is 120. The van der Waals surface area contributed by atoms with E-state index >= 15 is 0 Å². The molecule has 0 bridgehead atoms. The highest BCUT2D eigenvalue weighted by Gasteiger charge is 2.50. The standard InChI is InChI=1S/C119H99BN4/c1-115(2,3)83-48-34-43-79(67-83)91-54-35-53-90(76-37-18-13-19-38-76)113(91)123-107-75-88(122-105-65-59-84(116(4,5)6)70-97(105)98-71-85(117(7,8)9)60-66-106(98)122)62-64-101(107)120-102-63-61-87(121-103-57-32-29-49-92(103)93-50-30-33-58-104(93)121)74-108(102)124(114-95(77-39-20-14-21-40-77)72-86(118(10,11)12)73-96(114)78-41-22-15-23-42-78)110-69-80(68-109(123)112(110)120)89-52-36-56-100-111(89)94-51-28-31-55-99(94)119(100,81-44-24-16-25-45-81)82-46-26-17-27-47-82/h13-75H,1-12H3/i29D,30D,32D,33D,49D,50D,57D,58D. The molecule has 3 aliphatic rings. The zero-order chi connectivity index (χ0) is 91.4. The Morgan fingerprint density at radius 3 is 1.15 bits per heavy atom. The number of para-hydroxylation sites is 3. The molecule has 0 spiro atoms. The molecular formula is C119H99BN4. The minimum Gasteiger partial charge on any atom is -0.310 e. The first kappa shape index (κ1) is 67.6. The molecule has 0 atom stereocenters. The summed E-state index contributed by atoms with van der Waals surface area (Å²) in [7, 11) is 0. The number of nitrogens with zero attached hydrogens (tertiary/aromatic N) is 4. The molecule has 1 aliphatic carbocycles. The second-order valence-electron chi connectivity index (χ2n) is 38.2. The number of anilines is 6. The third-order valence-corrected chi connectivity index (χ3v) is 26.6. The maximum Gasteiger partial charge on any atom is 0.252 e. The van der Waals surface area contributed by atoms with Crippen molar-refractivity contribution in [1.82, 2.24) is 9.13 Å². The number of hydrogen-bond acceptors (Lipinski definition) is 2. The number of hydrogen-bond donors (Lipinski definition) is 0. The molecule has 2 aliphatic heterocycles. The number of aromatic nitrogens is 2. The van der Waals surface area contributed by atoms with Gasteiger partial charge in [-0.1, -0.05) is 380 Å². The van der Waals surface area contributed by atoms with Crippen LogP contribution in [0.15, 0.2) is 382 Å². The molecule has 2 aromatic heterocycles. The van der Waals surface area contributed by atoms with E-state index in [9.17, 15) is 11.0 Å². The van der Waals surface area contributed by atoms with Crippen LogP contribution in [0.5, 0.6) is 0 Å². The van der Waals surface area contributed by atoms with Crippen molar-refractivity contribution < 1.29 is 11.0 Å². The van der Waals surface area contributed by atoms with Crippen LogP contribution in [0.4, 0.5) is 34.1 Å². The Morgan fingerprint density at radius 1 is 0.266 bits per heavy atom. The maximum absolute atomic E-state index is 10.1. The van der Waals surface area contributed by atoms with Crippen molar-refractivity contribution in [3.05, 3.63) is 426 Å². The van der Waals surface area contributed by atoms with Gasteiger partial charge in [-0.05, 0) is 212 Å². The second kappa shape index (κ2) is 28.6. The van der Waals surface area contributed by atoms with Gasteiger partial charge in [-0.3, -0.25) is 0 Å². The van der Waals surface area contributed by atoms with Gasteiger partial charge in [-0.25, -0.2) is 0 Å². The largest absolute Gasteiger partial charge is 0.310 e. The highest BCUT2D eigenvalue weighted by atomic mass is 15.2. The summed E-state index contributed by atoms with van der Waals surface area (Å²) in [4.78, 5) is 5.15. The van der Waals surface area contributed by atoms with Gasteiger partial charge in [0.05, 0.1) is 49.8 Å².